The van der Waals surface area contributed by atoms with Crippen LogP contribution in [0.25, 0.3) is 0 Å². The van der Waals surface area contributed by atoms with Gasteiger partial charge in [-0.25, -0.2) is 9.79 Å². The van der Waals surface area contributed by atoms with Gasteiger partial charge in [-0.15, -0.1) is 0 Å². The molecule has 0 unspecified atom stereocenters. The fourth-order valence-corrected chi connectivity index (χ4v) is 3.60. The molecule has 0 aromatic heterocycles. The SMILES string of the molecule is CCC[C@]1([C@H](CC(C)=O)c2ccccc2)N=C(c2ccccc2)OC1=O. The van der Waals surface area contributed by atoms with Crippen LogP contribution in [0.15, 0.2) is 65.7 Å². The number of carbonyl (C=O) groups is 2. The van der Waals surface area contributed by atoms with E-state index in [0.29, 0.717) is 12.3 Å². The van der Waals surface area contributed by atoms with Crippen LogP contribution in [0.2, 0.25) is 0 Å². The van der Waals surface area contributed by atoms with E-state index >= 15 is 0 Å². The van der Waals surface area contributed by atoms with Crippen molar-refractivity contribution in [1.29, 1.82) is 0 Å². The first-order chi connectivity index (χ1) is 12.6. The van der Waals surface area contributed by atoms with Gasteiger partial charge in [-0.3, -0.25) is 0 Å². The smallest absolute Gasteiger partial charge is 0.341 e. The Morgan fingerprint density at radius 3 is 2.27 bits per heavy atom. The summed E-state index contributed by atoms with van der Waals surface area (Å²) in [4.78, 5) is 29.8. The molecule has 1 heterocycles. The van der Waals surface area contributed by atoms with Crippen LogP contribution in [0.5, 0.6) is 0 Å². The summed E-state index contributed by atoms with van der Waals surface area (Å²) in [6.07, 6.45) is 1.56. The normalized spacial score (nSPS) is 20.4. The van der Waals surface area contributed by atoms with E-state index in [4.69, 9.17) is 9.73 Å². The van der Waals surface area contributed by atoms with Crippen molar-refractivity contribution in [3.05, 3.63) is 71.8 Å². The Morgan fingerprint density at radius 2 is 1.69 bits per heavy atom. The van der Waals surface area contributed by atoms with E-state index in [1.807, 2.05) is 67.6 Å². The van der Waals surface area contributed by atoms with Gasteiger partial charge < -0.3 is 9.53 Å². The van der Waals surface area contributed by atoms with E-state index in [9.17, 15) is 9.59 Å². The minimum atomic E-state index is -1.06. The third kappa shape index (κ3) is 3.45. The molecule has 0 bridgehead atoms. The molecule has 0 aliphatic carbocycles. The predicted molar refractivity (Wildman–Crippen MR) is 101 cm³/mol. The fraction of sp³-hybridized carbons (Fsp3) is 0.318. The van der Waals surface area contributed by atoms with Gasteiger partial charge in [0.15, 0.2) is 5.54 Å². The van der Waals surface area contributed by atoms with Crippen molar-refractivity contribution in [2.75, 3.05) is 0 Å². The molecule has 1 aliphatic heterocycles. The van der Waals surface area contributed by atoms with E-state index in [-0.39, 0.29) is 24.1 Å². The highest BCUT2D eigenvalue weighted by Gasteiger charge is 2.52. The average Bonchev–Trinajstić information content (AvgIpc) is 2.99. The van der Waals surface area contributed by atoms with Crippen molar-refractivity contribution in [3.63, 3.8) is 0 Å². The molecule has 2 atom stereocenters. The summed E-state index contributed by atoms with van der Waals surface area (Å²) in [6, 6.07) is 19.1. The molecule has 0 saturated heterocycles. The summed E-state index contributed by atoms with van der Waals surface area (Å²) in [7, 11) is 0. The molecule has 0 fully saturated rings. The molecule has 0 spiro atoms. The minimum absolute atomic E-state index is 0.0329. The van der Waals surface area contributed by atoms with Crippen LogP contribution in [-0.2, 0) is 14.3 Å². The van der Waals surface area contributed by atoms with Crippen LogP contribution in [0, 0.1) is 0 Å². The second kappa shape index (κ2) is 7.65. The maximum Gasteiger partial charge on any atom is 0.341 e. The van der Waals surface area contributed by atoms with E-state index in [1.54, 1.807) is 6.92 Å². The van der Waals surface area contributed by atoms with Crippen LogP contribution >= 0.6 is 0 Å². The van der Waals surface area contributed by atoms with Crippen molar-refractivity contribution in [2.45, 2.75) is 44.6 Å². The third-order valence-corrected chi connectivity index (χ3v) is 4.77. The number of ether oxygens (including phenoxy) is 1. The van der Waals surface area contributed by atoms with Crippen molar-refractivity contribution in [2.24, 2.45) is 4.99 Å². The number of hydrogen-bond acceptors (Lipinski definition) is 4. The quantitative estimate of drug-likeness (QED) is 0.701. The standard InChI is InChI=1S/C22H23NO3/c1-3-14-22(19(15-16(2)24)17-10-6-4-7-11-17)21(25)26-20(23-22)18-12-8-5-9-13-18/h4-13,19H,3,14-15H2,1-2H3/t19-,22-/m1/s1. The number of nitrogens with zero attached hydrogens (tertiary/aromatic N) is 1. The molecular formula is C22H23NO3. The van der Waals surface area contributed by atoms with Gasteiger partial charge in [-0.05, 0) is 31.0 Å². The molecule has 0 radical (unpaired) electrons. The van der Waals surface area contributed by atoms with E-state index in [0.717, 1.165) is 17.5 Å². The van der Waals surface area contributed by atoms with Crippen LogP contribution in [-0.4, -0.2) is 23.2 Å². The van der Waals surface area contributed by atoms with Crippen LogP contribution < -0.4 is 0 Å². The highest BCUT2D eigenvalue weighted by molar-refractivity contribution is 6.08. The zero-order valence-electron chi connectivity index (χ0n) is 15.1. The summed E-state index contributed by atoms with van der Waals surface area (Å²) in [5.74, 6) is -0.331. The zero-order valence-corrected chi connectivity index (χ0v) is 15.1. The Labute approximate surface area is 153 Å². The highest BCUT2D eigenvalue weighted by Crippen LogP contribution is 2.42. The lowest BCUT2D eigenvalue weighted by Crippen LogP contribution is -2.41. The van der Waals surface area contributed by atoms with Crippen molar-refractivity contribution >= 4 is 17.7 Å². The molecule has 1 aliphatic rings. The molecule has 2 aromatic carbocycles. The lowest BCUT2D eigenvalue weighted by Gasteiger charge is -2.31. The van der Waals surface area contributed by atoms with Gasteiger partial charge >= 0.3 is 5.97 Å². The molecule has 0 N–H and O–H groups in total. The third-order valence-electron chi connectivity index (χ3n) is 4.77. The highest BCUT2D eigenvalue weighted by atomic mass is 16.6. The average molecular weight is 349 g/mol. The first-order valence-corrected chi connectivity index (χ1v) is 8.98. The number of aliphatic imine (C=N–C) groups is 1. The first kappa shape index (κ1) is 18.1. The number of benzene rings is 2. The lowest BCUT2D eigenvalue weighted by atomic mass is 9.74. The van der Waals surface area contributed by atoms with Crippen molar-refractivity contribution < 1.29 is 14.3 Å². The molecule has 4 nitrogen and oxygen atoms in total. The first-order valence-electron chi connectivity index (χ1n) is 8.98. The van der Waals surface area contributed by atoms with Crippen molar-refractivity contribution in [1.82, 2.24) is 0 Å². The number of cyclic esters (lactones) is 1. The lowest BCUT2D eigenvalue weighted by molar-refractivity contribution is -0.140. The maximum absolute atomic E-state index is 13.0. The van der Waals surface area contributed by atoms with Crippen LogP contribution in [0.4, 0.5) is 0 Å². The Hall–Kier alpha value is -2.75. The number of Topliss-reactive ketones (excluding diaryl/α,β-unsaturated/α-hetero) is 1. The molecule has 0 amide bonds. The van der Waals surface area contributed by atoms with E-state index in [2.05, 4.69) is 0 Å². The summed E-state index contributed by atoms with van der Waals surface area (Å²) in [5.41, 5.74) is 0.645. The number of carbonyl (C=O) groups excluding carboxylic acids is 2. The number of hydrogen-bond donors (Lipinski definition) is 0. The number of ketones is 1. The predicted octanol–water partition coefficient (Wildman–Crippen LogP) is 4.29. The van der Waals surface area contributed by atoms with E-state index in [1.165, 1.54) is 0 Å². The largest absolute Gasteiger partial charge is 0.405 e. The molecule has 4 heteroatoms. The van der Waals surface area contributed by atoms with Crippen molar-refractivity contribution in [3.8, 4) is 0 Å². The van der Waals surface area contributed by atoms with Gasteiger partial charge in [-0.2, -0.15) is 0 Å². The minimum Gasteiger partial charge on any atom is -0.405 e. The zero-order chi connectivity index (χ0) is 18.6. The summed E-state index contributed by atoms with van der Waals surface area (Å²) in [5, 5.41) is 0. The molecule has 134 valence electrons. The number of rotatable bonds is 7. The Morgan fingerprint density at radius 1 is 1.08 bits per heavy atom. The second-order valence-electron chi connectivity index (χ2n) is 6.72. The summed E-state index contributed by atoms with van der Waals surface area (Å²) >= 11 is 0. The molecular weight excluding hydrogens is 326 g/mol. The van der Waals surface area contributed by atoms with Gasteiger partial charge in [0, 0.05) is 17.9 Å². The van der Waals surface area contributed by atoms with Crippen LogP contribution in [0.3, 0.4) is 0 Å². The summed E-state index contributed by atoms with van der Waals surface area (Å²) in [6.45, 7) is 3.57. The number of esters is 1. The Bertz CT molecular complexity index is 814. The molecule has 0 saturated carbocycles. The van der Waals surface area contributed by atoms with Gasteiger partial charge in [0.2, 0.25) is 5.90 Å². The fourth-order valence-electron chi connectivity index (χ4n) is 3.60. The molecule has 2 aromatic rings. The van der Waals surface area contributed by atoms with Gasteiger partial charge in [-0.1, -0.05) is 61.9 Å². The van der Waals surface area contributed by atoms with Gasteiger partial charge in [0.25, 0.3) is 0 Å². The summed E-state index contributed by atoms with van der Waals surface area (Å²) < 4.78 is 5.60. The molecule has 26 heavy (non-hydrogen) atoms. The van der Waals surface area contributed by atoms with E-state index < -0.39 is 5.54 Å². The maximum atomic E-state index is 13.0. The molecule has 3 rings (SSSR count). The van der Waals surface area contributed by atoms with Gasteiger partial charge in [0.1, 0.15) is 5.78 Å². The Balaban J connectivity index is 2.11. The monoisotopic (exact) mass is 349 g/mol. The second-order valence-corrected chi connectivity index (χ2v) is 6.72. The van der Waals surface area contributed by atoms with Gasteiger partial charge in [0.05, 0.1) is 0 Å². The topological polar surface area (TPSA) is 55.7 Å². The Kier molecular flexibility index (Phi) is 5.31. The van der Waals surface area contributed by atoms with Crippen LogP contribution in [0.1, 0.15) is 50.2 Å².